The molecule has 0 radical (unpaired) electrons. The highest BCUT2D eigenvalue weighted by Crippen LogP contribution is 2.26. The van der Waals surface area contributed by atoms with Crippen LogP contribution in [0.25, 0.3) is 44.7 Å². The fourth-order valence-electron chi connectivity index (χ4n) is 12.7. The van der Waals surface area contributed by atoms with Crippen LogP contribution in [0.1, 0.15) is 87.3 Å². The molecule has 0 fully saturated rings. The molecule has 0 bridgehead atoms. The van der Waals surface area contributed by atoms with Gasteiger partial charge in [0.15, 0.2) is 53.3 Å². The molecule has 142 heavy (non-hydrogen) atoms. The van der Waals surface area contributed by atoms with E-state index in [2.05, 4.69) is 149 Å². The van der Waals surface area contributed by atoms with Gasteiger partial charge in [0.05, 0.1) is 25.3 Å². The topological polar surface area (TPSA) is 512 Å². The second-order valence-electron chi connectivity index (χ2n) is 30.3. The van der Waals surface area contributed by atoms with Crippen LogP contribution < -0.4 is 66.4 Å². The minimum absolute atomic E-state index is 0.0676. The summed E-state index contributed by atoms with van der Waals surface area (Å²) in [5.41, 5.74) is 10.4. The van der Waals surface area contributed by atoms with Crippen LogP contribution in [0.3, 0.4) is 0 Å². The van der Waals surface area contributed by atoms with Crippen LogP contribution in [0.5, 0.6) is 23.1 Å². The number of aromatic nitrogens is 19. The lowest BCUT2D eigenvalue weighted by Gasteiger charge is -2.12. The van der Waals surface area contributed by atoms with Gasteiger partial charge in [-0.15, -0.1) is 0 Å². The van der Waals surface area contributed by atoms with Gasteiger partial charge in [0.25, 0.3) is 29.5 Å². The molecule has 19 rings (SSSR count). The van der Waals surface area contributed by atoms with E-state index in [9.17, 15) is 33.6 Å². The predicted molar refractivity (Wildman–Crippen MR) is 540 cm³/mol. The van der Waals surface area contributed by atoms with Gasteiger partial charge in [0, 0.05) is 62.3 Å². The number of hydrogen-bond acceptors (Lipinski definition) is 28. The number of nitrogens with zero attached hydrogens (tertiary/aromatic N) is 16. The number of H-pyrrole nitrogens is 4. The van der Waals surface area contributed by atoms with Crippen molar-refractivity contribution in [3.8, 4) is 23.1 Å². The maximum absolute atomic E-state index is 12.6. The average Bonchev–Trinajstić information content (AvgIpc) is 1.69. The van der Waals surface area contributed by atoms with Gasteiger partial charge in [0.2, 0.25) is 17.7 Å². The molecule has 11 heterocycles. The van der Waals surface area contributed by atoms with E-state index in [4.69, 9.17) is 18.9 Å². The molecule has 0 aliphatic rings. The second-order valence-corrected chi connectivity index (χ2v) is 30.3. The van der Waals surface area contributed by atoms with Crippen molar-refractivity contribution in [3.05, 3.63) is 375 Å². The fourth-order valence-corrected chi connectivity index (χ4v) is 12.7. The van der Waals surface area contributed by atoms with E-state index in [-0.39, 0.29) is 66.2 Å². The molecule has 0 aliphatic carbocycles. The minimum atomic E-state index is -0.354. The molecule has 0 atom stereocenters. The van der Waals surface area contributed by atoms with E-state index in [0.717, 1.165) is 58.7 Å². The van der Waals surface area contributed by atoms with Gasteiger partial charge in [0.1, 0.15) is 113 Å². The van der Waals surface area contributed by atoms with E-state index in [1.807, 2.05) is 166 Å². The van der Waals surface area contributed by atoms with Crippen molar-refractivity contribution in [3.63, 3.8) is 0 Å². The monoisotopic (exact) mass is 1900 g/mol. The van der Waals surface area contributed by atoms with Crippen molar-refractivity contribution in [1.82, 2.24) is 94.7 Å². The molecule has 8 aromatic carbocycles. The van der Waals surface area contributed by atoms with Crippen LogP contribution >= 0.6 is 0 Å². The molecule has 19 aromatic rings. The normalized spacial score (nSPS) is 10.3. The van der Waals surface area contributed by atoms with Gasteiger partial charge < -0.3 is 86.3 Å². The zero-order valence-corrected chi connectivity index (χ0v) is 77.3. The smallest absolute Gasteiger partial charge is 0.263 e. The van der Waals surface area contributed by atoms with Gasteiger partial charge in [-0.1, -0.05) is 208 Å². The summed E-state index contributed by atoms with van der Waals surface area (Å²) < 4.78 is 22.3. The number of hydrogen-bond donors (Lipinski definition) is 12. The van der Waals surface area contributed by atoms with Crippen LogP contribution in [0.2, 0.25) is 0 Å². The lowest BCUT2D eigenvalue weighted by Crippen LogP contribution is -2.22. The molecule has 7 amide bonds. The molecule has 0 aliphatic heterocycles. The Hall–Kier alpha value is -19.5. The first-order valence-corrected chi connectivity index (χ1v) is 44.5. The third-order valence-corrected chi connectivity index (χ3v) is 19.4. The summed E-state index contributed by atoms with van der Waals surface area (Å²) in [6.07, 6.45) is 14.7. The molecular formula is C103H98N28O11. The van der Waals surface area contributed by atoms with Gasteiger partial charge in [-0.05, 0) is 114 Å². The summed E-state index contributed by atoms with van der Waals surface area (Å²) in [6, 6.07) is 87.8. The van der Waals surface area contributed by atoms with E-state index < -0.39 is 0 Å². The van der Waals surface area contributed by atoms with Gasteiger partial charge in [-0.2, -0.15) is 4.98 Å². The van der Waals surface area contributed by atoms with Crippen molar-refractivity contribution in [2.45, 2.75) is 59.3 Å². The molecule has 39 nitrogen and oxygen atoms in total. The number of rotatable bonds is 30. The van der Waals surface area contributed by atoms with E-state index in [1.54, 1.807) is 165 Å². The predicted octanol–water partition coefficient (Wildman–Crippen LogP) is 16.8. The molecule has 12 N–H and O–H groups in total. The number of aromatic amines is 4. The van der Waals surface area contributed by atoms with Crippen molar-refractivity contribution < 1.29 is 52.5 Å². The first kappa shape index (κ1) is 100.0. The third kappa shape index (κ3) is 32.1. The number of imidazole rings is 4. The number of ether oxygens (including phenoxy) is 4. The first-order chi connectivity index (χ1) is 69.5. The third-order valence-electron chi connectivity index (χ3n) is 19.4. The highest BCUT2D eigenvalue weighted by molar-refractivity contribution is 6.07. The van der Waals surface area contributed by atoms with Crippen LogP contribution in [-0.2, 0) is 38.9 Å². The number of amides is 7. The standard InChI is InChI=1S/C26H21N3O3.C21H19N3O4.C13H19N3O2.C12H9N5O.C12H11N5.C12H10N4O.C7H9N5/c30-25(20-12-6-2-7-13-20)28-23-16-22(32-18-19-10-4-1-5-11-19)17-24(27-23)29-26(31)21-14-8-3-9-15-21;25-20(14-27-16-8-3-1-4-9-16)23-18-12-7-13-19(22-18)24-21(26)15-28-17-10-5-2-6-11-17;1-3-6-12(17)15-10-8-5-9-11(14-10)16-13(18)7-4-2;18-12(8-4-2-1-3-5-8)17-11-9-10(14-6-13-9)15-7-16-11;1-2-4-9(5-3-1)6-13-11-10-12(15-7-14-10)17-8-16-11;1-2-4-9(5-3-1)6-17-12-10-11(14-7-13-10)15-8-16-12;1-12(2)7-5-6(9-3-8-5)10-4-11-7/h1-17H,18H2,(H2,27,28,29,30,31);1-13H,14-15H2,(H2,22,23,24,25,26);5,8-9H,3-4,6-7H2,1-2H3,(H2,14,15,16,17,18);1-7H,(H2,13,14,15,16,17,18);1-5,7-8H,6H2,(H2,13,14,15,16,17);1-5,7-8H,6H2,(H,13,14,15,16);3-4H,1-2H3,(H,8,9,10,11). The van der Waals surface area contributed by atoms with Crippen molar-refractivity contribution in [1.29, 1.82) is 0 Å². The largest absolute Gasteiger partial charge is 0.489 e. The Bertz CT molecular complexity index is 6920. The van der Waals surface area contributed by atoms with E-state index in [1.165, 1.54) is 37.2 Å². The van der Waals surface area contributed by atoms with Gasteiger partial charge in [-0.3, -0.25) is 33.6 Å². The lowest BCUT2D eigenvalue weighted by atomic mass is 10.2. The summed E-state index contributed by atoms with van der Waals surface area (Å²) in [7, 11) is 3.87. The van der Waals surface area contributed by atoms with E-state index >= 15 is 0 Å². The summed E-state index contributed by atoms with van der Waals surface area (Å²) in [6.45, 7) is 5.13. The van der Waals surface area contributed by atoms with Crippen molar-refractivity contribution >= 4 is 138 Å². The maximum atomic E-state index is 12.6. The number of anilines is 9. The highest BCUT2D eigenvalue weighted by atomic mass is 16.5. The molecular weight excluding hydrogens is 1810 g/mol. The Balaban J connectivity index is 0.000000142. The Labute approximate surface area is 813 Å². The molecule has 11 aromatic heterocycles. The van der Waals surface area contributed by atoms with Crippen LogP contribution in [-0.4, -0.2) is 163 Å². The lowest BCUT2D eigenvalue weighted by molar-refractivity contribution is -0.118. The van der Waals surface area contributed by atoms with Gasteiger partial charge in [-0.25, -0.2) is 69.8 Å². The second kappa shape index (κ2) is 53.6. The Morgan fingerprint density at radius 3 is 1.06 bits per heavy atom. The first-order valence-electron chi connectivity index (χ1n) is 44.5. The fraction of sp³-hybridized carbons (Fsp3) is 0.126. The molecule has 0 unspecified atom stereocenters. The summed E-state index contributed by atoms with van der Waals surface area (Å²) >= 11 is 0. The zero-order chi connectivity index (χ0) is 99.1. The Morgan fingerprint density at radius 1 is 0.296 bits per heavy atom. The number of para-hydroxylation sites is 2. The number of benzene rings is 8. The van der Waals surface area contributed by atoms with Crippen molar-refractivity contribution in [2.75, 3.05) is 74.7 Å². The quantitative estimate of drug-likeness (QED) is 0.0199. The van der Waals surface area contributed by atoms with Gasteiger partial charge >= 0.3 is 0 Å². The molecule has 0 saturated carbocycles. The number of fused-ring (bicyclic) bond motifs is 4. The zero-order valence-electron chi connectivity index (χ0n) is 77.3. The van der Waals surface area contributed by atoms with Crippen LogP contribution in [0.15, 0.2) is 342 Å². The summed E-state index contributed by atoms with van der Waals surface area (Å²) in [5.74, 6) is 4.66. The molecule has 0 saturated heterocycles. The summed E-state index contributed by atoms with van der Waals surface area (Å²) in [5, 5.41) is 22.2. The molecule has 39 heteroatoms. The summed E-state index contributed by atoms with van der Waals surface area (Å²) in [4.78, 5) is 159. The van der Waals surface area contributed by atoms with Crippen LogP contribution in [0, 0.1) is 0 Å². The van der Waals surface area contributed by atoms with Crippen molar-refractivity contribution in [2.24, 2.45) is 0 Å². The van der Waals surface area contributed by atoms with E-state index in [0.29, 0.717) is 123 Å². The Morgan fingerprint density at radius 2 is 0.634 bits per heavy atom. The number of nitrogens with one attached hydrogen (secondary N) is 12. The number of carbonyl (C=O) groups is 7. The average molecular weight is 1900 g/mol. The molecule has 716 valence electrons. The number of carbonyl (C=O) groups excluding carboxylic acids is 7. The maximum Gasteiger partial charge on any atom is 0.263 e. The Kier molecular flexibility index (Phi) is 37.7. The SMILES string of the molecule is CCCC(=O)Nc1cccc(NC(=O)CCC)n1.CN(C)c1ncnc2nc[nH]c12.O=C(COc1ccccc1)Nc1cccc(NC(=O)COc2ccccc2)n1.O=C(Nc1cc(OCc2ccccc2)cc(NC(=O)c2ccccc2)n1)c1ccccc1.O=C(Nc1ncnc2nc[nH]c12)c1ccccc1.c1ccc(CNc2ncnc3nc[nH]c23)cc1.c1ccc(COc2ncnc3nc[nH]c23)cc1. The molecule has 0 spiro atoms. The van der Waals surface area contributed by atoms with Crippen LogP contribution in [0.4, 0.5) is 52.4 Å². The number of pyridine rings is 3. The highest BCUT2D eigenvalue weighted by Gasteiger charge is 2.18. The minimum Gasteiger partial charge on any atom is -0.489 e.